The summed E-state index contributed by atoms with van der Waals surface area (Å²) in [5.41, 5.74) is 1.58. The van der Waals surface area contributed by atoms with Crippen molar-refractivity contribution in [1.82, 2.24) is 15.0 Å². The first kappa shape index (κ1) is 23.6. The fourth-order valence-electron chi connectivity index (χ4n) is 4.18. The van der Waals surface area contributed by atoms with Gasteiger partial charge in [-0.3, -0.25) is 9.69 Å². The van der Waals surface area contributed by atoms with Crippen molar-refractivity contribution in [2.75, 3.05) is 18.4 Å². The number of anilines is 1. The van der Waals surface area contributed by atoms with Crippen LogP contribution in [0.1, 0.15) is 18.7 Å². The first-order valence-electron chi connectivity index (χ1n) is 11.6. The lowest BCUT2D eigenvalue weighted by Crippen LogP contribution is -2.40. The summed E-state index contributed by atoms with van der Waals surface area (Å²) in [5, 5.41) is 7.84. The Morgan fingerprint density at radius 3 is 2.69 bits per heavy atom. The maximum absolute atomic E-state index is 13.2. The molecular weight excluding hydrogens is 480 g/mol. The van der Waals surface area contributed by atoms with Gasteiger partial charge in [-0.05, 0) is 55.8 Å². The van der Waals surface area contributed by atoms with Crippen LogP contribution in [0.4, 0.5) is 5.69 Å². The number of aromatic nitrogens is 2. The molecule has 1 saturated heterocycles. The molecule has 6 nitrogen and oxygen atoms in total. The van der Waals surface area contributed by atoms with Gasteiger partial charge in [0.25, 0.3) is 0 Å². The number of piperidine rings is 1. The van der Waals surface area contributed by atoms with Gasteiger partial charge in [-0.1, -0.05) is 71.0 Å². The summed E-state index contributed by atoms with van der Waals surface area (Å²) in [6.07, 6.45) is 1.79. The predicted octanol–water partition coefficient (Wildman–Crippen LogP) is 6.39. The number of halogens is 1. The number of hydrogen-bond donors (Lipinski definition) is 1. The number of benzene rings is 3. The summed E-state index contributed by atoms with van der Waals surface area (Å²) >= 11 is 7.90. The van der Waals surface area contributed by atoms with Crippen LogP contribution in [0.3, 0.4) is 0 Å². The Morgan fingerprint density at radius 2 is 1.83 bits per heavy atom. The van der Waals surface area contributed by atoms with Gasteiger partial charge in [0, 0.05) is 21.9 Å². The van der Waals surface area contributed by atoms with Crippen LogP contribution in [0, 0.1) is 5.92 Å². The van der Waals surface area contributed by atoms with Crippen molar-refractivity contribution in [3.63, 3.8) is 0 Å². The molecule has 4 aromatic rings. The summed E-state index contributed by atoms with van der Waals surface area (Å²) in [7, 11) is 0. The van der Waals surface area contributed by atoms with Crippen LogP contribution in [0.15, 0.2) is 93.2 Å². The van der Waals surface area contributed by atoms with Crippen LogP contribution in [0.5, 0.6) is 0 Å². The van der Waals surface area contributed by atoms with Crippen LogP contribution in [-0.2, 0) is 11.3 Å². The van der Waals surface area contributed by atoms with E-state index in [0.29, 0.717) is 29.8 Å². The molecule has 1 unspecified atom stereocenters. The lowest BCUT2D eigenvalue weighted by molar-refractivity contribution is -0.121. The molecule has 3 aromatic carbocycles. The molecule has 0 aliphatic carbocycles. The largest absolute Gasteiger partial charge is 0.338 e. The molecule has 5 rings (SSSR count). The van der Waals surface area contributed by atoms with E-state index < -0.39 is 0 Å². The lowest BCUT2D eigenvalue weighted by atomic mass is 9.97. The van der Waals surface area contributed by atoms with Gasteiger partial charge >= 0.3 is 0 Å². The maximum atomic E-state index is 13.2. The third kappa shape index (κ3) is 5.93. The Bertz CT molecular complexity index is 1300. The van der Waals surface area contributed by atoms with Gasteiger partial charge in [-0.2, -0.15) is 4.98 Å². The lowest BCUT2D eigenvalue weighted by Gasteiger charge is -2.31. The van der Waals surface area contributed by atoms with Crippen LogP contribution in [0.25, 0.3) is 11.4 Å². The molecule has 8 heteroatoms. The van der Waals surface area contributed by atoms with Crippen LogP contribution < -0.4 is 5.32 Å². The minimum atomic E-state index is -0.107. The molecule has 35 heavy (non-hydrogen) atoms. The number of rotatable bonds is 7. The standard InChI is InChI=1S/C27H25ClN4O2S/c28-22-13-5-4-12-21(22)26-30-25(34-31-26)18-32-16-8-9-19(17-32)27(33)29-23-14-6-7-15-24(23)35-20-10-2-1-3-11-20/h1-7,10-15,19H,8-9,16-18H2,(H,29,33). The van der Waals surface area contributed by atoms with E-state index in [9.17, 15) is 4.79 Å². The first-order valence-corrected chi connectivity index (χ1v) is 12.8. The molecule has 0 radical (unpaired) electrons. The second-order valence-corrected chi connectivity index (χ2v) is 9.99. The van der Waals surface area contributed by atoms with Crippen molar-refractivity contribution in [3.05, 3.63) is 89.8 Å². The molecule has 1 fully saturated rings. The van der Waals surface area contributed by atoms with Gasteiger partial charge in [0.1, 0.15) is 0 Å². The second kappa shape index (κ2) is 11.1. The van der Waals surface area contributed by atoms with E-state index in [1.165, 1.54) is 0 Å². The molecule has 178 valence electrons. The highest BCUT2D eigenvalue weighted by Crippen LogP contribution is 2.34. The van der Waals surface area contributed by atoms with E-state index in [1.54, 1.807) is 17.8 Å². The number of para-hydroxylation sites is 1. The van der Waals surface area contributed by atoms with E-state index in [-0.39, 0.29) is 11.8 Å². The minimum absolute atomic E-state index is 0.0399. The van der Waals surface area contributed by atoms with Crippen LogP contribution in [0.2, 0.25) is 5.02 Å². The number of hydrogen-bond acceptors (Lipinski definition) is 6. The molecule has 1 aliphatic rings. The smallest absolute Gasteiger partial charge is 0.241 e. The highest BCUT2D eigenvalue weighted by molar-refractivity contribution is 7.99. The quantitative estimate of drug-likeness (QED) is 0.314. The van der Waals surface area contributed by atoms with Gasteiger partial charge < -0.3 is 9.84 Å². The van der Waals surface area contributed by atoms with Crippen molar-refractivity contribution in [2.45, 2.75) is 29.2 Å². The number of carbonyl (C=O) groups excluding carboxylic acids is 1. The zero-order valence-corrected chi connectivity index (χ0v) is 20.6. The van der Waals surface area contributed by atoms with E-state index in [0.717, 1.165) is 40.4 Å². The van der Waals surface area contributed by atoms with E-state index >= 15 is 0 Å². The van der Waals surface area contributed by atoms with E-state index in [2.05, 4.69) is 32.5 Å². The SMILES string of the molecule is O=C(Nc1ccccc1Sc1ccccc1)C1CCCN(Cc2nc(-c3ccccc3Cl)no2)C1. The first-order chi connectivity index (χ1) is 17.2. The molecule has 1 aromatic heterocycles. The number of likely N-dealkylation sites (tertiary alicyclic amines) is 1. The fraction of sp³-hybridized carbons (Fsp3) is 0.222. The monoisotopic (exact) mass is 504 g/mol. The Hall–Kier alpha value is -3.13. The fourth-order valence-corrected chi connectivity index (χ4v) is 5.33. The Balaban J connectivity index is 1.22. The topological polar surface area (TPSA) is 71.3 Å². The summed E-state index contributed by atoms with van der Waals surface area (Å²) in [6.45, 7) is 2.03. The van der Waals surface area contributed by atoms with Crippen molar-refractivity contribution < 1.29 is 9.32 Å². The van der Waals surface area contributed by atoms with E-state index in [4.69, 9.17) is 16.1 Å². The maximum Gasteiger partial charge on any atom is 0.241 e. The van der Waals surface area contributed by atoms with E-state index in [1.807, 2.05) is 60.7 Å². The molecule has 1 amide bonds. The molecule has 1 N–H and O–H groups in total. The second-order valence-electron chi connectivity index (χ2n) is 8.47. The third-order valence-corrected chi connectivity index (χ3v) is 7.35. The summed E-state index contributed by atoms with van der Waals surface area (Å²) in [6, 6.07) is 25.5. The number of nitrogens with one attached hydrogen (secondary N) is 1. The number of amides is 1. The van der Waals surface area contributed by atoms with Crippen molar-refractivity contribution >= 4 is 35.0 Å². The van der Waals surface area contributed by atoms with Gasteiger partial charge in [0.05, 0.1) is 23.2 Å². The average molecular weight is 505 g/mol. The van der Waals surface area contributed by atoms with Gasteiger partial charge in [0.2, 0.25) is 17.6 Å². The van der Waals surface area contributed by atoms with Crippen molar-refractivity contribution in [3.8, 4) is 11.4 Å². The number of nitrogens with zero attached hydrogens (tertiary/aromatic N) is 3. The molecule has 0 spiro atoms. The number of carbonyl (C=O) groups is 1. The van der Waals surface area contributed by atoms with Crippen molar-refractivity contribution in [2.24, 2.45) is 5.92 Å². The summed E-state index contributed by atoms with van der Waals surface area (Å²) in [4.78, 5) is 22.1. The third-order valence-electron chi connectivity index (χ3n) is 5.93. The van der Waals surface area contributed by atoms with Gasteiger partial charge in [-0.15, -0.1) is 0 Å². The predicted molar refractivity (Wildman–Crippen MR) is 138 cm³/mol. The molecule has 0 saturated carbocycles. The van der Waals surface area contributed by atoms with Crippen LogP contribution in [-0.4, -0.2) is 34.0 Å². The van der Waals surface area contributed by atoms with Gasteiger partial charge in [-0.25, -0.2) is 0 Å². The normalized spacial score (nSPS) is 16.2. The Labute approximate surface area is 213 Å². The average Bonchev–Trinajstić information content (AvgIpc) is 3.34. The highest BCUT2D eigenvalue weighted by atomic mass is 35.5. The zero-order valence-electron chi connectivity index (χ0n) is 19.1. The van der Waals surface area contributed by atoms with Crippen LogP contribution >= 0.6 is 23.4 Å². The summed E-state index contributed by atoms with van der Waals surface area (Å²) < 4.78 is 5.48. The highest BCUT2D eigenvalue weighted by Gasteiger charge is 2.27. The summed E-state index contributed by atoms with van der Waals surface area (Å²) in [5.74, 6) is 0.928. The minimum Gasteiger partial charge on any atom is -0.338 e. The Morgan fingerprint density at radius 1 is 1.06 bits per heavy atom. The molecule has 1 atom stereocenters. The Kier molecular flexibility index (Phi) is 7.47. The van der Waals surface area contributed by atoms with Crippen molar-refractivity contribution in [1.29, 1.82) is 0 Å². The molecular formula is C27H25ClN4O2S. The van der Waals surface area contributed by atoms with Gasteiger partial charge in [0.15, 0.2) is 0 Å². The molecule has 1 aliphatic heterocycles. The molecule has 2 heterocycles. The zero-order chi connectivity index (χ0) is 24.0. The molecule has 0 bridgehead atoms.